The first kappa shape index (κ1) is 15.7. The van der Waals surface area contributed by atoms with Crippen molar-refractivity contribution in [1.29, 1.82) is 0 Å². The second-order valence-electron chi connectivity index (χ2n) is 5.25. The van der Waals surface area contributed by atoms with Crippen molar-refractivity contribution < 1.29 is 0 Å². The van der Waals surface area contributed by atoms with Crippen LogP contribution in [0, 0.1) is 18.6 Å². The van der Waals surface area contributed by atoms with Gasteiger partial charge >= 0.3 is 0 Å². The lowest BCUT2D eigenvalue weighted by atomic mass is 10.1. The highest BCUT2D eigenvalue weighted by molar-refractivity contribution is 7.71. The van der Waals surface area contributed by atoms with Crippen LogP contribution in [0.2, 0.25) is 0 Å². The van der Waals surface area contributed by atoms with Gasteiger partial charge in [-0.2, -0.15) is 5.10 Å². The Kier molecular flexibility index (Phi) is 4.77. The highest BCUT2D eigenvalue weighted by Gasteiger charge is 2.17. The second kappa shape index (κ2) is 6.39. The van der Waals surface area contributed by atoms with E-state index in [2.05, 4.69) is 17.1 Å². The number of hydrogen-bond acceptors (Lipinski definition) is 3. The van der Waals surface area contributed by atoms with Crippen LogP contribution in [0.4, 0.5) is 0 Å². The lowest BCUT2D eigenvalue weighted by molar-refractivity contribution is 0.598. The van der Waals surface area contributed by atoms with E-state index in [0.29, 0.717) is 22.7 Å². The third-order valence-corrected chi connectivity index (χ3v) is 4.05. The maximum absolute atomic E-state index is 12.9. The number of rotatable bonds is 5. The molecule has 2 aromatic rings. The number of aromatic nitrogens is 4. The van der Waals surface area contributed by atoms with Gasteiger partial charge in [-0.3, -0.25) is 9.89 Å². The number of pyridine rings is 1. The molecule has 0 aliphatic carbocycles. The maximum Gasteiger partial charge on any atom is 0.262 e. The summed E-state index contributed by atoms with van der Waals surface area (Å²) in [6, 6.07) is 2.05. The molecule has 114 valence electrons. The Morgan fingerprint density at radius 1 is 1.29 bits per heavy atom. The number of hydrogen-bond donors (Lipinski definition) is 1. The summed E-state index contributed by atoms with van der Waals surface area (Å²) in [5, 5.41) is 7.05. The number of nitrogens with zero attached hydrogens (tertiary/aromatic N) is 3. The topological polar surface area (TPSA) is 55.6 Å². The van der Waals surface area contributed by atoms with Gasteiger partial charge in [0.15, 0.2) is 10.6 Å². The molecule has 0 saturated heterocycles. The van der Waals surface area contributed by atoms with Gasteiger partial charge in [0.2, 0.25) is 0 Å². The molecule has 0 aliphatic rings. The van der Waals surface area contributed by atoms with Crippen LogP contribution in [0.1, 0.15) is 37.9 Å². The van der Waals surface area contributed by atoms with E-state index in [1.807, 2.05) is 36.0 Å². The number of unbranched alkanes of at least 4 members (excludes halogenated alkanes) is 1. The first-order chi connectivity index (χ1) is 10.0. The Morgan fingerprint density at radius 2 is 2.00 bits per heavy atom. The van der Waals surface area contributed by atoms with E-state index in [-0.39, 0.29) is 5.56 Å². The SMILES string of the molecule is CCCCn1c(C)cc(C)c(-c2n[nH]c(=S)n2CC)c1=O. The van der Waals surface area contributed by atoms with E-state index in [9.17, 15) is 4.79 Å². The van der Waals surface area contributed by atoms with Crippen molar-refractivity contribution in [3.63, 3.8) is 0 Å². The average Bonchev–Trinajstić information content (AvgIpc) is 2.79. The van der Waals surface area contributed by atoms with E-state index in [1.165, 1.54) is 0 Å². The molecule has 0 saturated carbocycles. The zero-order valence-corrected chi connectivity index (χ0v) is 13.9. The summed E-state index contributed by atoms with van der Waals surface area (Å²) < 4.78 is 4.24. The van der Waals surface area contributed by atoms with Crippen molar-refractivity contribution in [3.05, 3.63) is 32.4 Å². The first-order valence-corrected chi connectivity index (χ1v) is 7.78. The molecule has 0 atom stereocenters. The van der Waals surface area contributed by atoms with Crippen LogP contribution in [0.5, 0.6) is 0 Å². The molecule has 6 heteroatoms. The second-order valence-corrected chi connectivity index (χ2v) is 5.64. The molecule has 21 heavy (non-hydrogen) atoms. The predicted octanol–water partition coefficient (Wildman–Crippen LogP) is 3.21. The summed E-state index contributed by atoms with van der Waals surface area (Å²) in [7, 11) is 0. The Bertz CT molecular complexity index is 754. The van der Waals surface area contributed by atoms with Gasteiger partial charge in [0.25, 0.3) is 5.56 Å². The molecule has 0 spiro atoms. The van der Waals surface area contributed by atoms with Crippen LogP contribution in [-0.4, -0.2) is 19.3 Å². The lowest BCUT2D eigenvalue weighted by Crippen LogP contribution is -2.26. The minimum absolute atomic E-state index is 0.0182. The zero-order valence-electron chi connectivity index (χ0n) is 13.1. The van der Waals surface area contributed by atoms with Gasteiger partial charge in [-0.25, -0.2) is 0 Å². The third-order valence-electron chi connectivity index (χ3n) is 3.74. The Morgan fingerprint density at radius 3 is 2.62 bits per heavy atom. The van der Waals surface area contributed by atoms with Crippen LogP contribution >= 0.6 is 12.2 Å². The molecule has 0 bridgehead atoms. The van der Waals surface area contributed by atoms with Gasteiger partial charge in [0, 0.05) is 18.8 Å². The molecule has 0 amide bonds. The van der Waals surface area contributed by atoms with E-state index >= 15 is 0 Å². The van der Waals surface area contributed by atoms with Crippen LogP contribution in [-0.2, 0) is 13.1 Å². The fourth-order valence-corrected chi connectivity index (χ4v) is 2.86. The monoisotopic (exact) mass is 306 g/mol. The highest BCUT2D eigenvalue weighted by atomic mass is 32.1. The average molecular weight is 306 g/mol. The molecular weight excluding hydrogens is 284 g/mol. The van der Waals surface area contributed by atoms with Gasteiger partial charge in [-0.05, 0) is 51.0 Å². The molecular formula is C15H22N4OS. The normalized spacial score (nSPS) is 11.0. The fourth-order valence-electron chi connectivity index (χ4n) is 2.60. The Balaban J connectivity index is 2.69. The molecule has 0 unspecified atom stereocenters. The minimum atomic E-state index is 0.0182. The van der Waals surface area contributed by atoms with Crippen LogP contribution in [0.25, 0.3) is 11.4 Å². The van der Waals surface area contributed by atoms with Crippen LogP contribution in [0.3, 0.4) is 0 Å². The van der Waals surface area contributed by atoms with E-state index < -0.39 is 0 Å². The fraction of sp³-hybridized carbons (Fsp3) is 0.533. The quantitative estimate of drug-likeness (QED) is 0.863. The largest absolute Gasteiger partial charge is 0.312 e. The summed E-state index contributed by atoms with van der Waals surface area (Å²) in [6.07, 6.45) is 2.05. The third kappa shape index (κ3) is 2.85. The predicted molar refractivity (Wildman–Crippen MR) is 87.2 cm³/mol. The van der Waals surface area contributed by atoms with Gasteiger partial charge in [-0.1, -0.05) is 13.3 Å². The number of nitrogens with one attached hydrogen (secondary N) is 1. The van der Waals surface area contributed by atoms with Gasteiger partial charge < -0.3 is 9.13 Å². The smallest absolute Gasteiger partial charge is 0.262 e. The molecule has 0 aliphatic heterocycles. The number of H-pyrrole nitrogens is 1. The molecule has 0 radical (unpaired) electrons. The number of aromatic amines is 1. The molecule has 0 fully saturated rings. The summed E-state index contributed by atoms with van der Waals surface area (Å²) in [4.78, 5) is 12.9. The highest BCUT2D eigenvalue weighted by Crippen LogP contribution is 2.19. The van der Waals surface area contributed by atoms with Crippen molar-refractivity contribution in [2.75, 3.05) is 0 Å². The van der Waals surface area contributed by atoms with Crippen molar-refractivity contribution in [3.8, 4) is 11.4 Å². The summed E-state index contributed by atoms with van der Waals surface area (Å²) in [5.41, 5.74) is 2.59. The lowest BCUT2D eigenvalue weighted by Gasteiger charge is -2.14. The van der Waals surface area contributed by atoms with E-state index in [0.717, 1.165) is 30.6 Å². The van der Waals surface area contributed by atoms with Crippen molar-refractivity contribution >= 4 is 12.2 Å². The van der Waals surface area contributed by atoms with Crippen LogP contribution in [0.15, 0.2) is 10.9 Å². The molecule has 2 heterocycles. The van der Waals surface area contributed by atoms with Gasteiger partial charge in [0.05, 0.1) is 5.56 Å². The summed E-state index contributed by atoms with van der Waals surface area (Å²) in [5.74, 6) is 0.634. The summed E-state index contributed by atoms with van der Waals surface area (Å²) >= 11 is 5.22. The minimum Gasteiger partial charge on any atom is -0.312 e. The van der Waals surface area contributed by atoms with Crippen molar-refractivity contribution in [1.82, 2.24) is 19.3 Å². The van der Waals surface area contributed by atoms with Crippen molar-refractivity contribution in [2.45, 2.75) is 53.6 Å². The standard InChI is InChI=1S/C15H22N4OS/c1-5-7-8-19-11(4)9-10(3)12(14(19)20)13-16-17-15(21)18(13)6-2/h9H,5-8H2,1-4H3,(H,17,21). The number of aryl methyl sites for hydroxylation is 2. The van der Waals surface area contributed by atoms with Gasteiger partial charge in [0.1, 0.15) is 0 Å². The van der Waals surface area contributed by atoms with Crippen LogP contribution < -0.4 is 5.56 Å². The van der Waals surface area contributed by atoms with E-state index in [1.54, 1.807) is 0 Å². The molecule has 0 aromatic carbocycles. The van der Waals surface area contributed by atoms with Gasteiger partial charge in [-0.15, -0.1) is 0 Å². The molecule has 1 N–H and O–H groups in total. The summed E-state index contributed by atoms with van der Waals surface area (Å²) in [6.45, 7) is 9.47. The molecule has 2 rings (SSSR count). The Labute approximate surface area is 129 Å². The zero-order chi connectivity index (χ0) is 15.6. The Hall–Kier alpha value is -1.69. The molecule has 5 nitrogen and oxygen atoms in total. The maximum atomic E-state index is 12.9. The molecule has 2 aromatic heterocycles. The van der Waals surface area contributed by atoms with E-state index in [4.69, 9.17) is 12.2 Å². The van der Waals surface area contributed by atoms with Crippen molar-refractivity contribution in [2.24, 2.45) is 0 Å². The first-order valence-electron chi connectivity index (χ1n) is 7.37.